The second-order valence-electron chi connectivity index (χ2n) is 7.13. The van der Waals surface area contributed by atoms with Crippen LogP contribution in [0.15, 0.2) is 29.4 Å². The highest BCUT2D eigenvalue weighted by Crippen LogP contribution is 2.26. The summed E-state index contributed by atoms with van der Waals surface area (Å²) in [5.74, 6) is -0.747. The van der Waals surface area contributed by atoms with E-state index in [-0.39, 0.29) is 35.7 Å². The van der Waals surface area contributed by atoms with Crippen LogP contribution in [-0.2, 0) is 9.59 Å². The topological polar surface area (TPSA) is 84.8 Å². The van der Waals surface area contributed by atoms with E-state index in [4.69, 9.17) is 4.74 Å². The van der Waals surface area contributed by atoms with Gasteiger partial charge in [-0.1, -0.05) is 20.8 Å². The molecule has 1 aliphatic heterocycles. The van der Waals surface area contributed by atoms with Gasteiger partial charge in [0.2, 0.25) is 0 Å². The molecule has 1 N–H and O–H groups in total. The molecule has 0 radical (unpaired) electrons. The fourth-order valence-corrected chi connectivity index (χ4v) is 2.76. The third-order valence-electron chi connectivity index (χ3n) is 4.15. The molecule has 0 aliphatic carbocycles. The van der Waals surface area contributed by atoms with Crippen molar-refractivity contribution >= 4 is 23.2 Å². The van der Waals surface area contributed by atoms with Gasteiger partial charge in [0.1, 0.15) is 11.7 Å². The van der Waals surface area contributed by atoms with E-state index in [0.717, 1.165) is 0 Å². The number of amides is 1. The molecule has 0 spiro atoms. The lowest BCUT2D eigenvalue weighted by Crippen LogP contribution is -2.36. The summed E-state index contributed by atoms with van der Waals surface area (Å²) in [6.07, 6.45) is 0.842. The lowest BCUT2D eigenvalue weighted by atomic mass is 9.79. The van der Waals surface area contributed by atoms with Gasteiger partial charge < -0.3 is 4.74 Å². The van der Waals surface area contributed by atoms with E-state index in [1.165, 1.54) is 0 Å². The Kier molecular flexibility index (Phi) is 5.72. The van der Waals surface area contributed by atoms with E-state index in [1.807, 2.05) is 20.8 Å². The maximum absolute atomic E-state index is 12.4. The van der Waals surface area contributed by atoms with Gasteiger partial charge in [-0.3, -0.25) is 14.4 Å². The Morgan fingerprint density at radius 1 is 1.16 bits per heavy atom. The van der Waals surface area contributed by atoms with Crippen LogP contribution in [0, 0.1) is 11.3 Å². The zero-order chi connectivity index (χ0) is 18.6. The van der Waals surface area contributed by atoms with Crippen molar-refractivity contribution in [2.75, 3.05) is 7.11 Å². The molecule has 0 aromatic heterocycles. The lowest BCUT2D eigenvalue weighted by Gasteiger charge is -2.21. The van der Waals surface area contributed by atoms with Crippen LogP contribution in [0.4, 0.5) is 0 Å². The molecule has 0 fully saturated rings. The molecular formula is C19H24N2O4. The van der Waals surface area contributed by atoms with Crippen LogP contribution in [0.2, 0.25) is 0 Å². The highest BCUT2D eigenvalue weighted by Gasteiger charge is 2.41. The summed E-state index contributed by atoms with van der Waals surface area (Å²) in [5, 5.41) is 4.02. The van der Waals surface area contributed by atoms with Crippen molar-refractivity contribution in [3.05, 3.63) is 29.8 Å². The largest absolute Gasteiger partial charge is 0.497 e. The number of ether oxygens (including phenoxy) is 1. The highest BCUT2D eigenvalue weighted by atomic mass is 16.5. The van der Waals surface area contributed by atoms with Gasteiger partial charge in [0.25, 0.3) is 5.91 Å². The average molecular weight is 344 g/mol. The van der Waals surface area contributed by atoms with Crippen LogP contribution in [0.1, 0.15) is 50.4 Å². The summed E-state index contributed by atoms with van der Waals surface area (Å²) in [6, 6.07) is 6.87. The number of benzene rings is 1. The first-order valence-corrected chi connectivity index (χ1v) is 8.32. The second kappa shape index (κ2) is 7.59. The molecule has 2 rings (SSSR count). The van der Waals surface area contributed by atoms with E-state index in [0.29, 0.717) is 23.4 Å². The number of methoxy groups -OCH3 is 1. The zero-order valence-corrected chi connectivity index (χ0v) is 15.1. The van der Waals surface area contributed by atoms with Gasteiger partial charge in [0.15, 0.2) is 11.6 Å². The van der Waals surface area contributed by atoms with Crippen LogP contribution in [0.5, 0.6) is 5.75 Å². The van der Waals surface area contributed by atoms with E-state index in [1.54, 1.807) is 31.4 Å². The summed E-state index contributed by atoms with van der Waals surface area (Å²) in [5.41, 5.74) is 3.18. The SMILES string of the molecule is COc1ccc(C(=O)CCCC(=O)[C@@H]2C(=O)NN=C2C(C)(C)C)cc1. The summed E-state index contributed by atoms with van der Waals surface area (Å²) in [7, 11) is 1.57. The number of nitrogens with one attached hydrogen (secondary N) is 1. The standard InChI is InChI=1S/C19H24N2O4/c1-19(2,3)17-16(18(24)21-20-17)15(23)7-5-6-14(22)12-8-10-13(25-4)11-9-12/h8-11,16H,5-7H2,1-4H3,(H,21,24)/t16-/m0/s1. The quantitative estimate of drug-likeness (QED) is 0.609. The Morgan fingerprint density at radius 3 is 2.36 bits per heavy atom. The average Bonchev–Trinajstić information content (AvgIpc) is 2.96. The monoisotopic (exact) mass is 344 g/mol. The fraction of sp³-hybridized carbons (Fsp3) is 0.474. The van der Waals surface area contributed by atoms with Crippen molar-refractivity contribution in [2.45, 2.75) is 40.0 Å². The Balaban J connectivity index is 1.90. The number of Topliss-reactive ketones (excluding diaryl/α,β-unsaturated/α-hetero) is 2. The first kappa shape index (κ1) is 18.8. The molecule has 0 saturated carbocycles. The predicted octanol–water partition coefficient (Wildman–Crippen LogP) is 2.77. The van der Waals surface area contributed by atoms with Crippen LogP contribution < -0.4 is 10.2 Å². The molecule has 0 saturated heterocycles. The third-order valence-corrected chi connectivity index (χ3v) is 4.15. The summed E-state index contributed by atoms with van der Waals surface area (Å²) >= 11 is 0. The molecular weight excluding hydrogens is 320 g/mol. The van der Waals surface area contributed by atoms with Gasteiger partial charge in [0, 0.05) is 23.8 Å². The van der Waals surface area contributed by atoms with Gasteiger partial charge >= 0.3 is 0 Å². The van der Waals surface area contributed by atoms with Gasteiger partial charge in [-0.2, -0.15) is 5.10 Å². The minimum Gasteiger partial charge on any atom is -0.497 e. The van der Waals surface area contributed by atoms with Gasteiger partial charge in [0.05, 0.1) is 12.8 Å². The highest BCUT2D eigenvalue weighted by molar-refractivity contribution is 6.24. The predicted molar refractivity (Wildman–Crippen MR) is 94.7 cm³/mol. The van der Waals surface area contributed by atoms with Crippen molar-refractivity contribution in [1.29, 1.82) is 0 Å². The maximum atomic E-state index is 12.4. The molecule has 1 aliphatic rings. The Labute approximate surface area is 147 Å². The first-order chi connectivity index (χ1) is 11.7. The molecule has 6 nitrogen and oxygen atoms in total. The summed E-state index contributed by atoms with van der Waals surface area (Å²) in [6.45, 7) is 5.75. The summed E-state index contributed by atoms with van der Waals surface area (Å²) < 4.78 is 5.06. The third kappa shape index (κ3) is 4.53. The normalized spacial score (nSPS) is 17.0. The molecule has 6 heteroatoms. The molecule has 134 valence electrons. The molecule has 1 aromatic rings. The zero-order valence-electron chi connectivity index (χ0n) is 15.1. The number of rotatable bonds is 7. The molecule has 1 atom stereocenters. The Morgan fingerprint density at radius 2 is 1.80 bits per heavy atom. The van der Waals surface area contributed by atoms with Crippen LogP contribution >= 0.6 is 0 Å². The molecule has 25 heavy (non-hydrogen) atoms. The minimum absolute atomic E-state index is 0.0314. The number of hydrogen-bond donors (Lipinski definition) is 1. The van der Waals surface area contributed by atoms with Gasteiger partial charge in [-0.05, 0) is 30.7 Å². The minimum atomic E-state index is -0.837. The molecule has 1 heterocycles. The van der Waals surface area contributed by atoms with E-state index in [9.17, 15) is 14.4 Å². The van der Waals surface area contributed by atoms with Crippen molar-refractivity contribution in [1.82, 2.24) is 5.43 Å². The van der Waals surface area contributed by atoms with Crippen molar-refractivity contribution in [3.63, 3.8) is 0 Å². The van der Waals surface area contributed by atoms with Crippen molar-refractivity contribution < 1.29 is 19.1 Å². The smallest absolute Gasteiger partial charge is 0.256 e. The molecule has 0 bridgehead atoms. The van der Waals surface area contributed by atoms with Crippen LogP contribution in [0.3, 0.4) is 0 Å². The van der Waals surface area contributed by atoms with Gasteiger partial charge in [-0.25, -0.2) is 5.43 Å². The molecule has 0 unspecified atom stereocenters. The number of hydrazone groups is 1. The fourth-order valence-electron chi connectivity index (χ4n) is 2.76. The number of ketones is 2. The second-order valence-corrected chi connectivity index (χ2v) is 7.13. The van der Waals surface area contributed by atoms with Crippen molar-refractivity contribution in [2.24, 2.45) is 16.4 Å². The number of carbonyl (C=O) groups is 3. The Hall–Kier alpha value is -2.50. The van der Waals surface area contributed by atoms with Crippen LogP contribution in [-0.4, -0.2) is 30.3 Å². The maximum Gasteiger partial charge on any atom is 0.256 e. The van der Waals surface area contributed by atoms with E-state index in [2.05, 4.69) is 10.5 Å². The van der Waals surface area contributed by atoms with Crippen LogP contribution in [0.25, 0.3) is 0 Å². The lowest BCUT2D eigenvalue weighted by molar-refractivity contribution is -0.130. The first-order valence-electron chi connectivity index (χ1n) is 8.32. The Bertz CT molecular complexity index is 699. The number of hydrogen-bond acceptors (Lipinski definition) is 5. The number of nitrogens with zero attached hydrogens (tertiary/aromatic N) is 1. The number of carbonyl (C=O) groups excluding carboxylic acids is 3. The molecule has 1 amide bonds. The van der Waals surface area contributed by atoms with E-state index >= 15 is 0 Å². The van der Waals surface area contributed by atoms with Crippen molar-refractivity contribution in [3.8, 4) is 5.75 Å². The van der Waals surface area contributed by atoms with Gasteiger partial charge in [-0.15, -0.1) is 0 Å². The summed E-state index contributed by atoms with van der Waals surface area (Å²) in [4.78, 5) is 36.6. The van der Waals surface area contributed by atoms with E-state index < -0.39 is 5.92 Å². The molecule has 1 aromatic carbocycles.